The number of carbonyl (C=O) groups excluding carboxylic acids is 1. The number of halogens is 2. The van der Waals surface area contributed by atoms with E-state index in [-0.39, 0.29) is 18.4 Å². The Balaban J connectivity index is 0.00000242. The second-order valence-electron chi connectivity index (χ2n) is 4.47. The molecule has 0 fully saturated rings. The quantitative estimate of drug-likeness (QED) is 0.620. The molecule has 0 amide bonds. The van der Waals surface area contributed by atoms with E-state index in [1.165, 1.54) is 0 Å². The molecule has 2 aromatic rings. The monoisotopic (exact) mass is 384 g/mol. The maximum absolute atomic E-state index is 12.1. The molecule has 4 nitrogen and oxygen atoms in total. The summed E-state index contributed by atoms with van der Waals surface area (Å²) in [4.78, 5) is 12.1. The summed E-state index contributed by atoms with van der Waals surface area (Å²) >= 11 is 3.42. The first kappa shape index (κ1) is 18.5. The van der Waals surface area contributed by atoms with Crippen LogP contribution >= 0.6 is 28.3 Å². The fourth-order valence-corrected chi connectivity index (χ4v) is 2.55. The lowest BCUT2D eigenvalue weighted by Gasteiger charge is -2.16. The van der Waals surface area contributed by atoms with Crippen molar-refractivity contribution in [1.82, 2.24) is 0 Å². The smallest absolute Gasteiger partial charge is 0.338 e. The van der Waals surface area contributed by atoms with E-state index in [1.807, 2.05) is 24.3 Å². The highest BCUT2D eigenvalue weighted by Crippen LogP contribution is 2.37. The molecule has 0 aromatic heterocycles. The summed E-state index contributed by atoms with van der Waals surface area (Å²) in [5, 5.41) is 0. The molecule has 6 heteroatoms. The van der Waals surface area contributed by atoms with Crippen LogP contribution in [0.3, 0.4) is 0 Å². The summed E-state index contributed by atoms with van der Waals surface area (Å²) in [6.07, 6.45) is 0. The first-order valence-corrected chi connectivity index (χ1v) is 7.42. The lowest BCUT2D eigenvalue weighted by atomic mass is 9.94. The fourth-order valence-electron chi connectivity index (χ4n) is 2.22. The van der Waals surface area contributed by atoms with Gasteiger partial charge in [-0.1, -0.05) is 24.3 Å². The van der Waals surface area contributed by atoms with E-state index in [2.05, 4.69) is 15.9 Å². The maximum Gasteiger partial charge on any atom is 0.338 e. The molecule has 0 saturated carbocycles. The number of hydrogen-bond acceptors (Lipinski definition) is 4. The number of carbonyl (C=O) groups is 1. The Morgan fingerprint density at radius 3 is 2.55 bits per heavy atom. The summed E-state index contributed by atoms with van der Waals surface area (Å²) in [5.41, 5.74) is 15.4. The standard InChI is InChI=1S/C16H17BrN2O2.ClH/c1-2-21-16(20)12-6-4-3-5-11(12)14-10(9-18)7-8-13(17)15(14)19;/h3-8H,2,9,18-19H2,1H3;1H. The van der Waals surface area contributed by atoms with Crippen molar-refractivity contribution in [2.75, 3.05) is 12.3 Å². The number of nitrogens with two attached hydrogens (primary N) is 2. The average Bonchev–Trinajstić information content (AvgIpc) is 2.50. The summed E-state index contributed by atoms with van der Waals surface area (Å²) in [7, 11) is 0. The Morgan fingerprint density at radius 2 is 1.91 bits per heavy atom. The van der Waals surface area contributed by atoms with Gasteiger partial charge in [0.15, 0.2) is 0 Å². The Hall–Kier alpha value is -1.56. The molecule has 2 aromatic carbocycles. The van der Waals surface area contributed by atoms with E-state index in [4.69, 9.17) is 16.2 Å². The number of benzene rings is 2. The summed E-state index contributed by atoms with van der Waals surface area (Å²) in [6.45, 7) is 2.44. The van der Waals surface area contributed by atoms with Crippen LogP contribution in [-0.4, -0.2) is 12.6 Å². The molecule has 0 atom stereocenters. The molecule has 2 rings (SSSR count). The van der Waals surface area contributed by atoms with Crippen LogP contribution in [0.1, 0.15) is 22.8 Å². The number of nitrogen functional groups attached to an aromatic ring is 1. The third-order valence-electron chi connectivity index (χ3n) is 3.19. The van der Waals surface area contributed by atoms with Crippen molar-refractivity contribution >= 4 is 40.0 Å². The van der Waals surface area contributed by atoms with Crippen molar-refractivity contribution in [3.8, 4) is 11.1 Å². The minimum atomic E-state index is -0.365. The molecule has 118 valence electrons. The van der Waals surface area contributed by atoms with E-state index < -0.39 is 0 Å². The molecule has 0 aliphatic heterocycles. The second-order valence-corrected chi connectivity index (χ2v) is 5.32. The third kappa shape index (κ3) is 3.61. The van der Waals surface area contributed by atoms with Crippen molar-refractivity contribution in [2.24, 2.45) is 5.73 Å². The van der Waals surface area contributed by atoms with Gasteiger partial charge >= 0.3 is 5.97 Å². The van der Waals surface area contributed by atoms with Gasteiger partial charge in [-0.2, -0.15) is 0 Å². The van der Waals surface area contributed by atoms with Crippen molar-refractivity contribution in [3.63, 3.8) is 0 Å². The first-order valence-electron chi connectivity index (χ1n) is 6.63. The van der Waals surface area contributed by atoms with Gasteiger partial charge in [0, 0.05) is 16.6 Å². The summed E-state index contributed by atoms with van der Waals surface area (Å²) in [5.74, 6) is -0.365. The molecule has 0 aliphatic carbocycles. The van der Waals surface area contributed by atoms with E-state index in [0.717, 1.165) is 21.2 Å². The number of rotatable bonds is 4. The van der Waals surface area contributed by atoms with Crippen LogP contribution in [-0.2, 0) is 11.3 Å². The number of esters is 1. The van der Waals surface area contributed by atoms with Crippen LogP contribution in [0.5, 0.6) is 0 Å². The molecule has 0 unspecified atom stereocenters. The Bertz CT molecular complexity index is 677. The molecule has 4 N–H and O–H groups in total. The highest BCUT2D eigenvalue weighted by atomic mass is 79.9. The van der Waals surface area contributed by atoms with Gasteiger partial charge in [-0.25, -0.2) is 4.79 Å². The zero-order valence-corrected chi connectivity index (χ0v) is 14.5. The van der Waals surface area contributed by atoms with Crippen LogP contribution in [0.2, 0.25) is 0 Å². The van der Waals surface area contributed by atoms with Gasteiger partial charge in [-0.3, -0.25) is 0 Å². The summed E-state index contributed by atoms with van der Waals surface area (Å²) < 4.78 is 5.88. The first-order chi connectivity index (χ1) is 10.1. The van der Waals surface area contributed by atoms with Crippen LogP contribution in [0.4, 0.5) is 5.69 Å². The highest BCUT2D eigenvalue weighted by Gasteiger charge is 2.18. The lowest BCUT2D eigenvalue weighted by molar-refractivity contribution is 0.0527. The Morgan fingerprint density at radius 1 is 1.23 bits per heavy atom. The number of ether oxygens (including phenoxy) is 1. The molecule has 0 heterocycles. The van der Waals surface area contributed by atoms with Gasteiger partial charge in [-0.15, -0.1) is 12.4 Å². The van der Waals surface area contributed by atoms with Gasteiger partial charge in [0.1, 0.15) is 0 Å². The molecule has 0 radical (unpaired) electrons. The normalized spacial score (nSPS) is 9.95. The van der Waals surface area contributed by atoms with Gasteiger partial charge < -0.3 is 16.2 Å². The van der Waals surface area contributed by atoms with E-state index in [0.29, 0.717) is 24.4 Å². The largest absolute Gasteiger partial charge is 0.462 e. The molecular formula is C16H18BrClN2O2. The molecular weight excluding hydrogens is 368 g/mol. The van der Waals surface area contributed by atoms with Gasteiger partial charge in [0.05, 0.1) is 17.9 Å². The predicted molar refractivity (Wildman–Crippen MR) is 95.1 cm³/mol. The van der Waals surface area contributed by atoms with E-state index in [1.54, 1.807) is 19.1 Å². The summed E-state index contributed by atoms with van der Waals surface area (Å²) in [6, 6.07) is 11.0. The van der Waals surface area contributed by atoms with Crippen LogP contribution < -0.4 is 11.5 Å². The maximum atomic E-state index is 12.1. The van der Waals surface area contributed by atoms with Crippen LogP contribution in [0, 0.1) is 0 Å². The van der Waals surface area contributed by atoms with Gasteiger partial charge in [-0.05, 0) is 46.1 Å². The van der Waals surface area contributed by atoms with E-state index in [9.17, 15) is 4.79 Å². The highest BCUT2D eigenvalue weighted by molar-refractivity contribution is 9.10. The number of hydrogen-bond donors (Lipinski definition) is 2. The average molecular weight is 386 g/mol. The lowest BCUT2D eigenvalue weighted by Crippen LogP contribution is -2.09. The number of anilines is 1. The zero-order valence-electron chi connectivity index (χ0n) is 12.1. The topological polar surface area (TPSA) is 78.3 Å². The van der Waals surface area contributed by atoms with Crippen molar-refractivity contribution < 1.29 is 9.53 Å². The van der Waals surface area contributed by atoms with E-state index >= 15 is 0 Å². The Kier molecular flexibility index (Phi) is 6.87. The fraction of sp³-hybridized carbons (Fsp3) is 0.188. The molecule has 22 heavy (non-hydrogen) atoms. The molecule has 0 bridgehead atoms. The predicted octanol–water partition coefficient (Wildman–Crippen LogP) is 3.76. The van der Waals surface area contributed by atoms with Gasteiger partial charge in [0.25, 0.3) is 0 Å². The minimum absolute atomic E-state index is 0. The SMILES string of the molecule is CCOC(=O)c1ccccc1-c1c(CN)ccc(Br)c1N.Cl. The van der Waals surface area contributed by atoms with Crippen molar-refractivity contribution in [1.29, 1.82) is 0 Å². The minimum Gasteiger partial charge on any atom is -0.462 e. The molecule has 0 saturated heterocycles. The second kappa shape index (κ2) is 8.17. The van der Waals surface area contributed by atoms with Crippen molar-refractivity contribution in [3.05, 3.63) is 52.0 Å². The van der Waals surface area contributed by atoms with Crippen LogP contribution in [0.15, 0.2) is 40.9 Å². The molecule has 0 aliphatic rings. The Labute approximate surface area is 144 Å². The van der Waals surface area contributed by atoms with Crippen molar-refractivity contribution in [2.45, 2.75) is 13.5 Å². The van der Waals surface area contributed by atoms with Gasteiger partial charge in [0.2, 0.25) is 0 Å². The third-order valence-corrected chi connectivity index (χ3v) is 3.88. The zero-order chi connectivity index (χ0) is 15.4. The van der Waals surface area contributed by atoms with Crippen LogP contribution in [0.25, 0.3) is 11.1 Å². The molecule has 0 spiro atoms.